The number of amides is 2. The molecule has 0 saturated carbocycles. The summed E-state index contributed by atoms with van der Waals surface area (Å²) in [5.74, 6) is -0.943. The first kappa shape index (κ1) is 19.3. The molecule has 2 rings (SSSR count). The summed E-state index contributed by atoms with van der Waals surface area (Å²) in [5.41, 5.74) is 0.757. The molecule has 0 bridgehead atoms. The van der Waals surface area contributed by atoms with E-state index in [0.29, 0.717) is 13.1 Å². The highest BCUT2D eigenvalue weighted by Crippen LogP contribution is 2.36. The van der Waals surface area contributed by atoms with Crippen molar-refractivity contribution < 1.29 is 19.1 Å². The van der Waals surface area contributed by atoms with Gasteiger partial charge in [0.1, 0.15) is 0 Å². The third-order valence-electron chi connectivity index (χ3n) is 3.76. The first-order chi connectivity index (χ1) is 12.0. The van der Waals surface area contributed by atoms with Gasteiger partial charge in [-0.25, -0.2) is 0 Å². The Morgan fingerprint density at radius 2 is 1.88 bits per heavy atom. The Kier molecular flexibility index (Phi) is 7.31. The molecule has 1 aromatic rings. The number of nitrogens with zero attached hydrogens (tertiary/aromatic N) is 1. The van der Waals surface area contributed by atoms with Crippen LogP contribution in [-0.4, -0.2) is 47.6 Å². The number of fused-ring (bicyclic) bond motifs is 1. The molecule has 6 nitrogen and oxygen atoms in total. The molecule has 7 heteroatoms. The molecule has 0 unspecified atom stereocenters. The van der Waals surface area contributed by atoms with Crippen molar-refractivity contribution in [2.75, 3.05) is 25.0 Å². The van der Waals surface area contributed by atoms with E-state index in [-0.39, 0.29) is 24.8 Å². The van der Waals surface area contributed by atoms with Gasteiger partial charge in [0, 0.05) is 18.0 Å². The maximum absolute atomic E-state index is 12.1. The zero-order valence-corrected chi connectivity index (χ0v) is 15.4. The summed E-state index contributed by atoms with van der Waals surface area (Å²) in [6.07, 6.45) is 1.66. The van der Waals surface area contributed by atoms with Gasteiger partial charge < -0.3 is 15.0 Å². The third-order valence-corrected chi connectivity index (χ3v) is 5.03. The summed E-state index contributed by atoms with van der Waals surface area (Å²) in [6, 6.07) is 7.45. The average Bonchev–Trinajstić information content (AvgIpc) is 2.60. The van der Waals surface area contributed by atoms with Crippen LogP contribution in [-0.2, 0) is 19.1 Å². The lowest BCUT2D eigenvalue weighted by molar-refractivity contribution is -0.152. The highest BCUT2D eigenvalue weighted by molar-refractivity contribution is 8.01. The second-order valence-electron chi connectivity index (χ2n) is 5.84. The standard InChI is InChI=1S/C18H24N2O4S/c1-3-9-20(10-4-2)16(21)12-24-17(22)11-15-18(23)19-13-7-5-6-8-14(13)25-15/h5-8,15H,3-4,9-12H2,1-2H3,(H,19,23)/t15-/m0/s1. The number of hydrogen-bond acceptors (Lipinski definition) is 5. The SMILES string of the molecule is CCCN(CCC)C(=O)COC(=O)C[C@@H]1Sc2ccccc2NC1=O. The van der Waals surface area contributed by atoms with Gasteiger partial charge in [-0.15, -0.1) is 11.8 Å². The van der Waals surface area contributed by atoms with E-state index in [1.54, 1.807) is 4.90 Å². The predicted molar refractivity (Wildman–Crippen MR) is 97.5 cm³/mol. The monoisotopic (exact) mass is 364 g/mol. The summed E-state index contributed by atoms with van der Waals surface area (Å²) in [5, 5.41) is 2.25. The maximum atomic E-state index is 12.1. The van der Waals surface area contributed by atoms with Gasteiger partial charge in [-0.05, 0) is 25.0 Å². The zero-order chi connectivity index (χ0) is 18.2. The first-order valence-corrected chi connectivity index (χ1v) is 9.43. The van der Waals surface area contributed by atoms with E-state index in [4.69, 9.17) is 4.74 Å². The minimum Gasteiger partial charge on any atom is -0.456 e. The van der Waals surface area contributed by atoms with Crippen molar-refractivity contribution >= 4 is 35.2 Å². The van der Waals surface area contributed by atoms with E-state index in [1.807, 2.05) is 38.1 Å². The smallest absolute Gasteiger partial charge is 0.307 e. The number of anilines is 1. The van der Waals surface area contributed by atoms with Gasteiger partial charge in [-0.1, -0.05) is 26.0 Å². The number of hydrogen-bond donors (Lipinski definition) is 1. The van der Waals surface area contributed by atoms with Crippen molar-refractivity contribution in [3.8, 4) is 0 Å². The highest BCUT2D eigenvalue weighted by Gasteiger charge is 2.29. The maximum Gasteiger partial charge on any atom is 0.307 e. The van der Waals surface area contributed by atoms with Crippen LogP contribution < -0.4 is 5.32 Å². The van der Waals surface area contributed by atoms with Crippen LogP contribution in [0.4, 0.5) is 5.69 Å². The molecule has 0 spiro atoms. The van der Waals surface area contributed by atoms with E-state index in [9.17, 15) is 14.4 Å². The van der Waals surface area contributed by atoms with Crippen LogP contribution in [0.1, 0.15) is 33.1 Å². The Labute approximate surface area is 152 Å². The number of rotatable bonds is 8. The molecule has 1 aliphatic heterocycles. The fraction of sp³-hybridized carbons (Fsp3) is 0.500. The first-order valence-electron chi connectivity index (χ1n) is 8.55. The Hall–Kier alpha value is -2.02. The van der Waals surface area contributed by atoms with Gasteiger partial charge in [0.2, 0.25) is 5.91 Å². The molecule has 1 heterocycles. The summed E-state index contributed by atoms with van der Waals surface area (Å²) < 4.78 is 5.09. The van der Waals surface area contributed by atoms with E-state index >= 15 is 0 Å². The van der Waals surface area contributed by atoms with Crippen molar-refractivity contribution in [3.05, 3.63) is 24.3 Å². The van der Waals surface area contributed by atoms with Crippen LogP contribution in [0.3, 0.4) is 0 Å². The fourth-order valence-electron chi connectivity index (χ4n) is 2.57. The number of carbonyl (C=O) groups is 3. The topological polar surface area (TPSA) is 75.7 Å². The van der Waals surface area contributed by atoms with Crippen LogP contribution in [0.15, 0.2) is 29.2 Å². The van der Waals surface area contributed by atoms with Crippen LogP contribution >= 0.6 is 11.8 Å². The summed E-state index contributed by atoms with van der Waals surface area (Å²) in [7, 11) is 0. The molecule has 1 aliphatic rings. The average molecular weight is 364 g/mol. The van der Waals surface area contributed by atoms with Gasteiger partial charge in [0.25, 0.3) is 5.91 Å². The molecule has 1 N–H and O–H groups in total. The summed E-state index contributed by atoms with van der Waals surface area (Å²) in [6.45, 7) is 5.04. The van der Waals surface area contributed by atoms with Crippen LogP contribution in [0.2, 0.25) is 0 Å². The van der Waals surface area contributed by atoms with Gasteiger partial charge in [0.15, 0.2) is 6.61 Å². The second-order valence-corrected chi connectivity index (χ2v) is 7.08. The highest BCUT2D eigenvalue weighted by atomic mass is 32.2. The minimum absolute atomic E-state index is 0.0559. The fourth-order valence-corrected chi connectivity index (χ4v) is 3.67. The number of thioether (sulfide) groups is 1. The van der Waals surface area contributed by atoms with Crippen molar-refractivity contribution in [2.45, 2.75) is 43.3 Å². The second kappa shape index (κ2) is 9.46. The number of carbonyl (C=O) groups excluding carboxylic acids is 3. The van der Waals surface area contributed by atoms with Crippen molar-refractivity contribution in [2.24, 2.45) is 0 Å². The summed E-state index contributed by atoms with van der Waals surface area (Å²) >= 11 is 1.34. The Bertz CT molecular complexity index is 629. The van der Waals surface area contributed by atoms with Crippen molar-refractivity contribution in [1.29, 1.82) is 0 Å². The predicted octanol–water partition coefficient (Wildman–Crippen LogP) is 2.68. The normalized spacial score (nSPS) is 15.9. The molecule has 136 valence electrons. The molecule has 0 saturated heterocycles. The molecule has 25 heavy (non-hydrogen) atoms. The minimum atomic E-state index is -0.542. The summed E-state index contributed by atoms with van der Waals surface area (Å²) in [4.78, 5) is 38.9. The Morgan fingerprint density at radius 1 is 1.20 bits per heavy atom. The molecule has 1 atom stereocenters. The quantitative estimate of drug-likeness (QED) is 0.718. The van der Waals surface area contributed by atoms with Gasteiger partial charge in [0.05, 0.1) is 17.4 Å². The van der Waals surface area contributed by atoms with Gasteiger partial charge in [-0.2, -0.15) is 0 Å². The largest absolute Gasteiger partial charge is 0.456 e. The van der Waals surface area contributed by atoms with Crippen molar-refractivity contribution in [1.82, 2.24) is 4.90 Å². The molecular weight excluding hydrogens is 340 g/mol. The Morgan fingerprint density at radius 3 is 2.56 bits per heavy atom. The Balaban J connectivity index is 1.84. The van der Waals surface area contributed by atoms with E-state index in [2.05, 4.69) is 5.32 Å². The van der Waals surface area contributed by atoms with E-state index < -0.39 is 11.2 Å². The molecule has 0 aliphatic carbocycles. The number of para-hydroxylation sites is 1. The van der Waals surface area contributed by atoms with Crippen LogP contribution in [0.5, 0.6) is 0 Å². The van der Waals surface area contributed by atoms with Crippen LogP contribution in [0.25, 0.3) is 0 Å². The number of ether oxygens (including phenoxy) is 1. The lowest BCUT2D eigenvalue weighted by Crippen LogP contribution is -2.36. The lowest BCUT2D eigenvalue weighted by Gasteiger charge is -2.24. The number of esters is 1. The van der Waals surface area contributed by atoms with Crippen molar-refractivity contribution in [3.63, 3.8) is 0 Å². The number of nitrogens with one attached hydrogen (secondary N) is 1. The lowest BCUT2D eigenvalue weighted by atomic mass is 10.2. The molecule has 0 radical (unpaired) electrons. The molecular formula is C18H24N2O4S. The number of benzene rings is 1. The van der Waals surface area contributed by atoms with E-state index in [1.165, 1.54) is 11.8 Å². The molecule has 1 aromatic carbocycles. The van der Waals surface area contributed by atoms with E-state index in [0.717, 1.165) is 23.4 Å². The van der Waals surface area contributed by atoms with Gasteiger partial charge >= 0.3 is 5.97 Å². The molecule has 0 aromatic heterocycles. The third kappa shape index (κ3) is 5.49. The molecule has 2 amide bonds. The zero-order valence-electron chi connectivity index (χ0n) is 14.6. The van der Waals surface area contributed by atoms with Crippen LogP contribution in [0, 0.1) is 0 Å². The van der Waals surface area contributed by atoms with Gasteiger partial charge in [-0.3, -0.25) is 14.4 Å². The molecule has 0 fully saturated rings.